The molecule has 1 aromatic carbocycles. The summed E-state index contributed by atoms with van der Waals surface area (Å²) >= 11 is 0. The zero-order valence-electron chi connectivity index (χ0n) is 17.7. The average molecular weight is 396 g/mol. The standard InChI is InChI=1S/C23H33N5O/c1-17(2)18-8-6-10-20(14-18)24-22(29)16-27-12-7-9-19(15-27)23-26-25-21-11-4-3-5-13-28(21)23/h6,8,10,14,17,19H,3-5,7,9,11-13,15-16H2,1-2H3,(H,24,29). The Morgan fingerprint density at radius 2 is 2.07 bits per heavy atom. The first-order valence-electron chi connectivity index (χ1n) is 11.1. The lowest BCUT2D eigenvalue weighted by molar-refractivity contribution is -0.117. The smallest absolute Gasteiger partial charge is 0.238 e. The van der Waals surface area contributed by atoms with Crippen LogP contribution in [0.2, 0.25) is 0 Å². The van der Waals surface area contributed by atoms with Crippen LogP contribution in [0.3, 0.4) is 0 Å². The fourth-order valence-corrected chi connectivity index (χ4v) is 4.60. The molecule has 1 atom stereocenters. The van der Waals surface area contributed by atoms with Crippen LogP contribution in [-0.4, -0.2) is 45.2 Å². The topological polar surface area (TPSA) is 63.1 Å². The summed E-state index contributed by atoms with van der Waals surface area (Å²) in [4.78, 5) is 14.9. The molecule has 0 saturated carbocycles. The number of aryl methyl sites for hydroxylation is 1. The number of aromatic nitrogens is 3. The molecule has 2 aliphatic rings. The van der Waals surface area contributed by atoms with Crippen molar-refractivity contribution in [2.24, 2.45) is 0 Å². The second-order valence-corrected chi connectivity index (χ2v) is 8.84. The van der Waals surface area contributed by atoms with Crippen LogP contribution in [0.25, 0.3) is 0 Å². The highest BCUT2D eigenvalue weighted by atomic mass is 16.2. The van der Waals surface area contributed by atoms with E-state index in [0.29, 0.717) is 18.4 Å². The number of anilines is 1. The first-order chi connectivity index (χ1) is 14.1. The molecule has 0 spiro atoms. The summed E-state index contributed by atoms with van der Waals surface area (Å²) in [7, 11) is 0. The maximum absolute atomic E-state index is 12.6. The van der Waals surface area contributed by atoms with Crippen molar-refractivity contribution >= 4 is 11.6 Å². The number of hydrogen-bond donors (Lipinski definition) is 1. The highest BCUT2D eigenvalue weighted by Crippen LogP contribution is 2.28. The van der Waals surface area contributed by atoms with Gasteiger partial charge in [-0.05, 0) is 55.8 Å². The van der Waals surface area contributed by atoms with Crippen LogP contribution in [0.15, 0.2) is 24.3 Å². The number of piperidine rings is 1. The molecular weight excluding hydrogens is 362 g/mol. The number of nitrogens with zero attached hydrogens (tertiary/aromatic N) is 4. The van der Waals surface area contributed by atoms with E-state index in [4.69, 9.17) is 0 Å². The lowest BCUT2D eigenvalue weighted by Gasteiger charge is -2.32. The first-order valence-corrected chi connectivity index (χ1v) is 11.1. The molecule has 1 N–H and O–H groups in total. The summed E-state index contributed by atoms with van der Waals surface area (Å²) in [5.74, 6) is 3.17. The summed E-state index contributed by atoms with van der Waals surface area (Å²) < 4.78 is 2.36. The molecule has 1 unspecified atom stereocenters. The molecule has 0 radical (unpaired) electrons. The molecule has 2 aliphatic heterocycles. The molecule has 6 heteroatoms. The van der Waals surface area contributed by atoms with Gasteiger partial charge in [0.2, 0.25) is 5.91 Å². The van der Waals surface area contributed by atoms with Crippen molar-refractivity contribution in [3.63, 3.8) is 0 Å². The number of carbonyl (C=O) groups excluding carboxylic acids is 1. The van der Waals surface area contributed by atoms with Gasteiger partial charge in [0.15, 0.2) is 0 Å². The van der Waals surface area contributed by atoms with Crippen molar-refractivity contribution in [1.82, 2.24) is 19.7 Å². The number of fused-ring (bicyclic) bond motifs is 1. The molecule has 4 rings (SSSR count). The van der Waals surface area contributed by atoms with Gasteiger partial charge in [-0.3, -0.25) is 9.69 Å². The maximum Gasteiger partial charge on any atom is 0.238 e. The van der Waals surface area contributed by atoms with Gasteiger partial charge in [0.25, 0.3) is 0 Å². The lowest BCUT2D eigenvalue weighted by Crippen LogP contribution is -2.40. The van der Waals surface area contributed by atoms with E-state index >= 15 is 0 Å². The third kappa shape index (κ3) is 4.86. The minimum absolute atomic E-state index is 0.0617. The zero-order valence-corrected chi connectivity index (χ0v) is 17.7. The van der Waals surface area contributed by atoms with E-state index in [2.05, 4.69) is 51.0 Å². The van der Waals surface area contributed by atoms with Gasteiger partial charge in [-0.25, -0.2) is 0 Å². The van der Waals surface area contributed by atoms with Gasteiger partial charge in [0.05, 0.1) is 6.54 Å². The van der Waals surface area contributed by atoms with E-state index in [9.17, 15) is 4.79 Å². The molecule has 156 valence electrons. The summed E-state index contributed by atoms with van der Waals surface area (Å²) in [6.45, 7) is 7.67. The van der Waals surface area contributed by atoms with Crippen molar-refractivity contribution in [2.45, 2.75) is 70.8 Å². The molecule has 2 aromatic rings. The Labute approximate surface area is 173 Å². The van der Waals surface area contributed by atoms with Crippen molar-refractivity contribution in [3.05, 3.63) is 41.5 Å². The van der Waals surface area contributed by atoms with E-state index in [0.717, 1.165) is 56.2 Å². The predicted molar refractivity (Wildman–Crippen MR) is 115 cm³/mol. The second-order valence-electron chi connectivity index (χ2n) is 8.84. The summed E-state index contributed by atoms with van der Waals surface area (Å²) in [5.41, 5.74) is 2.13. The zero-order chi connectivity index (χ0) is 20.2. The lowest BCUT2D eigenvalue weighted by atomic mass is 9.97. The first kappa shape index (κ1) is 20.1. The van der Waals surface area contributed by atoms with Gasteiger partial charge in [-0.1, -0.05) is 32.4 Å². The van der Waals surface area contributed by atoms with Crippen LogP contribution in [0, 0.1) is 0 Å². The highest BCUT2D eigenvalue weighted by Gasteiger charge is 2.28. The average Bonchev–Trinajstić information content (AvgIpc) is 2.96. The fraction of sp³-hybridized carbons (Fsp3) is 0.609. The largest absolute Gasteiger partial charge is 0.325 e. The van der Waals surface area contributed by atoms with E-state index in [-0.39, 0.29) is 5.91 Å². The maximum atomic E-state index is 12.6. The SMILES string of the molecule is CC(C)c1cccc(NC(=O)CN2CCCC(c3nnc4n3CCCCC4)C2)c1. The van der Waals surface area contributed by atoms with Gasteiger partial charge in [0, 0.05) is 31.1 Å². The Morgan fingerprint density at radius 3 is 2.93 bits per heavy atom. The number of hydrogen-bond acceptors (Lipinski definition) is 4. The second kappa shape index (κ2) is 9.08. The van der Waals surface area contributed by atoms with Crippen molar-refractivity contribution in [1.29, 1.82) is 0 Å². The third-order valence-electron chi connectivity index (χ3n) is 6.21. The van der Waals surface area contributed by atoms with Gasteiger partial charge in [-0.2, -0.15) is 0 Å². The van der Waals surface area contributed by atoms with Gasteiger partial charge < -0.3 is 9.88 Å². The Bertz CT molecular complexity index is 844. The molecule has 0 aliphatic carbocycles. The number of benzene rings is 1. The molecule has 0 bridgehead atoms. The summed E-state index contributed by atoms with van der Waals surface area (Å²) in [6.07, 6.45) is 6.98. The molecule has 1 amide bonds. The van der Waals surface area contributed by atoms with Gasteiger partial charge >= 0.3 is 0 Å². The van der Waals surface area contributed by atoms with Crippen molar-refractivity contribution in [2.75, 3.05) is 25.0 Å². The number of likely N-dealkylation sites (tertiary alicyclic amines) is 1. The predicted octanol–water partition coefficient (Wildman–Crippen LogP) is 3.95. The number of rotatable bonds is 5. The Morgan fingerprint density at radius 1 is 1.17 bits per heavy atom. The van der Waals surface area contributed by atoms with Crippen molar-refractivity contribution < 1.29 is 4.79 Å². The Hall–Kier alpha value is -2.21. The van der Waals surface area contributed by atoms with E-state index in [1.54, 1.807) is 0 Å². The molecule has 6 nitrogen and oxygen atoms in total. The van der Waals surface area contributed by atoms with Crippen LogP contribution in [0.1, 0.15) is 75.0 Å². The minimum Gasteiger partial charge on any atom is -0.325 e. The van der Waals surface area contributed by atoms with Crippen LogP contribution in [0.4, 0.5) is 5.69 Å². The highest BCUT2D eigenvalue weighted by molar-refractivity contribution is 5.92. The monoisotopic (exact) mass is 395 g/mol. The Balaban J connectivity index is 1.37. The van der Waals surface area contributed by atoms with Crippen molar-refractivity contribution in [3.8, 4) is 0 Å². The number of nitrogens with one attached hydrogen (secondary N) is 1. The normalized spacial score (nSPS) is 20.3. The van der Waals surface area contributed by atoms with Gasteiger partial charge in [0.1, 0.15) is 11.6 Å². The molecule has 29 heavy (non-hydrogen) atoms. The fourth-order valence-electron chi connectivity index (χ4n) is 4.60. The molecular formula is C23H33N5O. The van der Waals surface area contributed by atoms with E-state index in [1.807, 2.05) is 12.1 Å². The molecule has 1 saturated heterocycles. The van der Waals surface area contributed by atoms with Crippen LogP contribution in [0.5, 0.6) is 0 Å². The van der Waals surface area contributed by atoms with E-state index < -0.39 is 0 Å². The van der Waals surface area contributed by atoms with Crippen LogP contribution < -0.4 is 5.32 Å². The molecule has 1 aromatic heterocycles. The van der Waals surface area contributed by atoms with Gasteiger partial charge in [-0.15, -0.1) is 10.2 Å². The Kier molecular flexibility index (Phi) is 6.28. The summed E-state index contributed by atoms with van der Waals surface area (Å²) in [6, 6.07) is 8.16. The molecule has 1 fully saturated rings. The van der Waals surface area contributed by atoms with Crippen LogP contribution >= 0.6 is 0 Å². The number of carbonyl (C=O) groups is 1. The number of amides is 1. The minimum atomic E-state index is 0.0617. The quantitative estimate of drug-likeness (QED) is 0.833. The molecule has 3 heterocycles. The summed E-state index contributed by atoms with van der Waals surface area (Å²) in [5, 5.41) is 12.1. The van der Waals surface area contributed by atoms with E-state index in [1.165, 1.54) is 24.8 Å². The third-order valence-corrected chi connectivity index (χ3v) is 6.21. The van der Waals surface area contributed by atoms with Crippen LogP contribution in [-0.2, 0) is 17.8 Å².